The van der Waals surface area contributed by atoms with Crippen molar-refractivity contribution in [3.8, 4) is 5.75 Å². The first-order valence-electron chi connectivity index (χ1n) is 8.02. The molecule has 0 aromatic heterocycles. The van der Waals surface area contributed by atoms with E-state index in [0.29, 0.717) is 12.2 Å². The zero-order valence-corrected chi connectivity index (χ0v) is 13.5. The van der Waals surface area contributed by atoms with Crippen molar-refractivity contribution >= 4 is 5.97 Å². The van der Waals surface area contributed by atoms with E-state index in [2.05, 4.69) is 6.58 Å². The largest absolute Gasteiger partial charge is 0.426 e. The number of hydrogen-bond acceptors (Lipinski definition) is 2. The van der Waals surface area contributed by atoms with Crippen LogP contribution in [0.15, 0.2) is 30.9 Å². The predicted molar refractivity (Wildman–Crippen MR) is 88.7 cm³/mol. The van der Waals surface area contributed by atoms with Gasteiger partial charge in [0.1, 0.15) is 5.75 Å². The van der Waals surface area contributed by atoms with Crippen LogP contribution in [0.25, 0.3) is 0 Å². The number of carbonyl (C=O) groups excluding carboxylic acids is 1. The van der Waals surface area contributed by atoms with Crippen molar-refractivity contribution in [2.24, 2.45) is 0 Å². The molecule has 0 saturated heterocycles. The fourth-order valence-electron chi connectivity index (χ4n) is 2.35. The maximum atomic E-state index is 11.8. The number of carbonyl (C=O) groups is 1. The minimum absolute atomic E-state index is 0.117. The highest BCUT2D eigenvalue weighted by Gasteiger charge is 2.07. The summed E-state index contributed by atoms with van der Waals surface area (Å²) in [7, 11) is 0. The smallest absolute Gasteiger partial charge is 0.311 e. The highest BCUT2D eigenvalue weighted by molar-refractivity contribution is 5.72. The second-order valence-corrected chi connectivity index (χ2v) is 5.69. The van der Waals surface area contributed by atoms with Gasteiger partial charge in [0.05, 0.1) is 0 Å². The van der Waals surface area contributed by atoms with Crippen molar-refractivity contribution in [1.29, 1.82) is 0 Å². The fraction of sp³-hybridized carbons (Fsp3) is 0.526. The molecule has 0 aliphatic heterocycles. The van der Waals surface area contributed by atoms with Gasteiger partial charge in [-0.1, -0.05) is 49.5 Å². The summed E-state index contributed by atoms with van der Waals surface area (Å²) in [5.74, 6) is 0.573. The summed E-state index contributed by atoms with van der Waals surface area (Å²) in [5.41, 5.74) is 2.20. The molecule has 0 saturated carbocycles. The summed E-state index contributed by atoms with van der Waals surface area (Å²) in [6.45, 7) is 7.73. The molecule has 0 aliphatic rings. The van der Waals surface area contributed by atoms with Crippen LogP contribution in [0, 0.1) is 13.8 Å². The van der Waals surface area contributed by atoms with Crippen molar-refractivity contribution < 1.29 is 9.53 Å². The SMILES string of the molecule is C=CCCCCCCCCC(=O)Oc1ccc(C)cc1C. The normalized spacial score (nSPS) is 10.4. The van der Waals surface area contributed by atoms with Gasteiger partial charge in [0.2, 0.25) is 0 Å². The quantitative estimate of drug-likeness (QED) is 0.245. The lowest BCUT2D eigenvalue weighted by Gasteiger charge is -2.08. The van der Waals surface area contributed by atoms with Crippen LogP contribution in [0.5, 0.6) is 5.75 Å². The Bertz CT molecular complexity index is 449. The summed E-state index contributed by atoms with van der Waals surface area (Å²) in [5, 5.41) is 0. The van der Waals surface area contributed by atoms with Crippen molar-refractivity contribution in [2.75, 3.05) is 0 Å². The van der Waals surface area contributed by atoms with E-state index in [1.807, 2.05) is 38.1 Å². The van der Waals surface area contributed by atoms with Crippen LogP contribution in [0.2, 0.25) is 0 Å². The molecule has 0 aliphatic carbocycles. The number of benzene rings is 1. The van der Waals surface area contributed by atoms with Gasteiger partial charge in [0.25, 0.3) is 0 Å². The molecular weight excluding hydrogens is 260 g/mol. The average molecular weight is 288 g/mol. The maximum absolute atomic E-state index is 11.8. The Kier molecular flexibility index (Phi) is 8.49. The van der Waals surface area contributed by atoms with E-state index >= 15 is 0 Å². The van der Waals surface area contributed by atoms with Crippen LogP contribution in [0.3, 0.4) is 0 Å². The molecule has 0 N–H and O–H groups in total. The Morgan fingerprint density at radius 3 is 2.43 bits per heavy atom. The standard InChI is InChI=1S/C19H28O2/c1-4-5-6-7-8-9-10-11-12-19(20)21-18-14-13-16(2)15-17(18)3/h4,13-15H,1,5-12H2,2-3H3. The van der Waals surface area contributed by atoms with Gasteiger partial charge in [0, 0.05) is 6.42 Å². The van der Waals surface area contributed by atoms with Crippen LogP contribution < -0.4 is 4.74 Å². The van der Waals surface area contributed by atoms with E-state index < -0.39 is 0 Å². The number of ether oxygens (including phenoxy) is 1. The first-order chi connectivity index (χ1) is 10.1. The lowest BCUT2D eigenvalue weighted by Crippen LogP contribution is -2.08. The van der Waals surface area contributed by atoms with E-state index in [9.17, 15) is 4.79 Å². The third-order valence-electron chi connectivity index (χ3n) is 3.59. The van der Waals surface area contributed by atoms with Gasteiger partial charge in [-0.3, -0.25) is 4.79 Å². The van der Waals surface area contributed by atoms with Gasteiger partial charge >= 0.3 is 5.97 Å². The topological polar surface area (TPSA) is 26.3 Å². The molecule has 0 bridgehead atoms. The monoisotopic (exact) mass is 288 g/mol. The lowest BCUT2D eigenvalue weighted by atomic mass is 10.1. The Morgan fingerprint density at radius 1 is 1.10 bits per heavy atom. The summed E-state index contributed by atoms with van der Waals surface area (Å²) >= 11 is 0. The molecule has 0 fully saturated rings. The number of unbranched alkanes of at least 4 members (excludes halogenated alkanes) is 6. The third kappa shape index (κ3) is 7.69. The van der Waals surface area contributed by atoms with E-state index in [1.54, 1.807) is 0 Å². The Labute approximate surface area is 129 Å². The van der Waals surface area contributed by atoms with Gasteiger partial charge < -0.3 is 4.74 Å². The van der Waals surface area contributed by atoms with Gasteiger partial charge in [-0.15, -0.1) is 6.58 Å². The molecule has 0 amide bonds. The zero-order chi connectivity index (χ0) is 15.5. The molecule has 0 unspecified atom stereocenters. The maximum Gasteiger partial charge on any atom is 0.311 e. The molecule has 21 heavy (non-hydrogen) atoms. The Hall–Kier alpha value is -1.57. The van der Waals surface area contributed by atoms with Gasteiger partial charge in [-0.2, -0.15) is 0 Å². The summed E-state index contributed by atoms with van der Waals surface area (Å²) in [4.78, 5) is 11.8. The van der Waals surface area contributed by atoms with E-state index in [4.69, 9.17) is 4.74 Å². The van der Waals surface area contributed by atoms with Gasteiger partial charge in [-0.25, -0.2) is 0 Å². The summed E-state index contributed by atoms with van der Waals surface area (Å²) in [6, 6.07) is 5.88. The number of esters is 1. The van der Waals surface area contributed by atoms with Crippen molar-refractivity contribution in [3.05, 3.63) is 42.0 Å². The average Bonchev–Trinajstić information content (AvgIpc) is 2.45. The molecule has 1 aromatic carbocycles. The predicted octanol–water partition coefficient (Wildman–Crippen LogP) is 5.52. The second kappa shape index (κ2) is 10.2. The highest BCUT2D eigenvalue weighted by atomic mass is 16.5. The van der Waals surface area contributed by atoms with Crippen molar-refractivity contribution in [3.63, 3.8) is 0 Å². The summed E-state index contributed by atoms with van der Waals surface area (Å²) < 4.78 is 5.41. The van der Waals surface area contributed by atoms with Crippen LogP contribution in [-0.2, 0) is 4.79 Å². The highest BCUT2D eigenvalue weighted by Crippen LogP contribution is 2.19. The van der Waals surface area contributed by atoms with Crippen molar-refractivity contribution in [1.82, 2.24) is 0 Å². The molecule has 0 atom stereocenters. The van der Waals surface area contributed by atoms with Crippen molar-refractivity contribution in [2.45, 2.75) is 65.2 Å². The van der Waals surface area contributed by atoms with Crippen LogP contribution in [-0.4, -0.2) is 5.97 Å². The number of allylic oxidation sites excluding steroid dienone is 1. The van der Waals surface area contributed by atoms with Crippen LogP contribution in [0.1, 0.15) is 62.5 Å². The number of aryl methyl sites for hydroxylation is 2. The van der Waals surface area contributed by atoms with E-state index in [1.165, 1.54) is 31.2 Å². The number of rotatable bonds is 10. The Morgan fingerprint density at radius 2 is 1.76 bits per heavy atom. The molecular formula is C19H28O2. The summed E-state index contributed by atoms with van der Waals surface area (Å²) in [6.07, 6.45) is 10.6. The molecule has 0 radical (unpaired) electrons. The second-order valence-electron chi connectivity index (χ2n) is 5.69. The van der Waals surface area contributed by atoms with Gasteiger partial charge in [0.15, 0.2) is 0 Å². The molecule has 2 nitrogen and oxygen atoms in total. The first-order valence-corrected chi connectivity index (χ1v) is 8.02. The molecule has 116 valence electrons. The zero-order valence-electron chi connectivity index (χ0n) is 13.5. The molecule has 0 spiro atoms. The minimum Gasteiger partial charge on any atom is -0.426 e. The lowest BCUT2D eigenvalue weighted by molar-refractivity contribution is -0.134. The molecule has 2 heteroatoms. The van der Waals surface area contributed by atoms with Gasteiger partial charge in [-0.05, 0) is 44.7 Å². The van der Waals surface area contributed by atoms with Crippen LogP contribution in [0.4, 0.5) is 0 Å². The third-order valence-corrected chi connectivity index (χ3v) is 3.59. The van der Waals surface area contributed by atoms with E-state index in [0.717, 1.165) is 24.8 Å². The van der Waals surface area contributed by atoms with E-state index in [-0.39, 0.29) is 5.97 Å². The molecule has 0 heterocycles. The minimum atomic E-state index is -0.117. The number of hydrogen-bond donors (Lipinski definition) is 0. The fourth-order valence-corrected chi connectivity index (χ4v) is 2.35. The Balaban J connectivity index is 2.12. The molecule has 1 aromatic rings. The first kappa shape index (κ1) is 17.5. The van der Waals surface area contributed by atoms with Crippen LogP contribution >= 0.6 is 0 Å². The molecule has 1 rings (SSSR count).